The molecule has 0 amide bonds. The van der Waals surface area contributed by atoms with E-state index < -0.39 is 4.92 Å². The maximum Gasteiger partial charge on any atom is 0.391 e. The number of anilines is 1. The lowest BCUT2D eigenvalue weighted by Crippen LogP contribution is -1.95. The fourth-order valence-corrected chi connectivity index (χ4v) is 1.37. The SMILES string of the molecule is CNc1cccn2cnc([N+](=O)[O-])c12. The summed E-state index contributed by atoms with van der Waals surface area (Å²) in [7, 11) is 1.71. The number of nitrogens with zero attached hydrogens (tertiary/aromatic N) is 3. The molecule has 0 unspecified atom stereocenters. The molecule has 0 aliphatic heterocycles. The van der Waals surface area contributed by atoms with Crippen LogP contribution in [0.4, 0.5) is 11.5 Å². The predicted molar refractivity (Wildman–Crippen MR) is 51.4 cm³/mol. The Morgan fingerprint density at radius 2 is 2.43 bits per heavy atom. The summed E-state index contributed by atoms with van der Waals surface area (Å²) in [6.07, 6.45) is 3.14. The average Bonchev–Trinajstić information content (AvgIpc) is 2.60. The molecule has 0 spiro atoms. The van der Waals surface area contributed by atoms with E-state index in [1.807, 2.05) is 0 Å². The first kappa shape index (κ1) is 8.49. The Hall–Kier alpha value is -2.11. The van der Waals surface area contributed by atoms with Crippen molar-refractivity contribution in [3.63, 3.8) is 0 Å². The van der Waals surface area contributed by atoms with Gasteiger partial charge in [-0.3, -0.25) is 4.40 Å². The lowest BCUT2D eigenvalue weighted by Gasteiger charge is -2.01. The minimum atomic E-state index is -0.490. The fourth-order valence-electron chi connectivity index (χ4n) is 1.37. The van der Waals surface area contributed by atoms with Crippen molar-refractivity contribution in [1.82, 2.24) is 9.38 Å². The smallest absolute Gasteiger partial charge is 0.386 e. The summed E-state index contributed by atoms with van der Waals surface area (Å²) in [6.45, 7) is 0. The third-order valence-electron chi connectivity index (χ3n) is 1.98. The Bertz CT molecular complexity index is 491. The second kappa shape index (κ2) is 2.99. The van der Waals surface area contributed by atoms with E-state index in [1.54, 1.807) is 29.8 Å². The van der Waals surface area contributed by atoms with Crippen molar-refractivity contribution in [1.29, 1.82) is 0 Å². The number of rotatable bonds is 2. The Balaban J connectivity index is 2.81. The molecule has 2 aromatic rings. The van der Waals surface area contributed by atoms with Crippen LogP contribution in [0.15, 0.2) is 24.7 Å². The molecule has 2 rings (SSSR count). The van der Waals surface area contributed by atoms with Crippen LogP contribution in [0.2, 0.25) is 0 Å². The molecule has 2 aromatic heterocycles. The monoisotopic (exact) mass is 192 g/mol. The van der Waals surface area contributed by atoms with Crippen molar-refractivity contribution in [2.45, 2.75) is 0 Å². The van der Waals surface area contributed by atoms with Gasteiger partial charge in [-0.15, -0.1) is 0 Å². The molecule has 0 atom stereocenters. The van der Waals surface area contributed by atoms with Crippen LogP contribution < -0.4 is 5.32 Å². The van der Waals surface area contributed by atoms with E-state index in [0.29, 0.717) is 11.2 Å². The number of aromatic nitrogens is 2. The van der Waals surface area contributed by atoms with E-state index in [9.17, 15) is 10.1 Å². The zero-order valence-corrected chi connectivity index (χ0v) is 7.47. The number of nitrogens with one attached hydrogen (secondary N) is 1. The molecule has 6 nitrogen and oxygen atoms in total. The van der Waals surface area contributed by atoms with Gasteiger partial charge in [0.25, 0.3) is 0 Å². The number of hydrogen-bond donors (Lipinski definition) is 1. The molecule has 0 saturated heterocycles. The molecule has 14 heavy (non-hydrogen) atoms. The van der Waals surface area contributed by atoms with Crippen LogP contribution in [0.25, 0.3) is 5.52 Å². The third-order valence-corrected chi connectivity index (χ3v) is 1.98. The highest BCUT2D eigenvalue weighted by molar-refractivity contribution is 5.79. The Morgan fingerprint density at radius 3 is 3.07 bits per heavy atom. The first-order valence-corrected chi connectivity index (χ1v) is 4.02. The molecule has 0 aliphatic rings. The molecule has 0 fully saturated rings. The third kappa shape index (κ3) is 1.08. The minimum Gasteiger partial charge on any atom is -0.386 e. The molecule has 0 saturated carbocycles. The van der Waals surface area contributed by atoms with Gasteiger partial charge in [0.2, 0.25) is 6.33 Å². The van der Waals surface area contributed by atoms with Gasteiger partial charge in [-0.1, -0.05) is 0 Å². The molecule has 2 heterocycles. The van der Waals surface area contributed by atoms with Crippen molar-refractivity contribution in [2.24, 2.45) is 0 Å². The van der Waals surface area contributed by atoms with E-state index in [-0.39, 0.29) is 5.82 Å². The summed E-state index contributed by atoms with van der Waals surface area (Å²) in [5.41, 5.74) is 1.18. The Kier molecular flexibility index (Phi) is 1.81. The number of nitro groups is 1. The van der Waals surface area contributed by atoms with Crippen molar-refractivity contribution >= 4 is 17.0 Å². The lowest BCUT2D eigenvalue weighted by atomic mass is 10.3. The number of imidazole rings is 1. The number of hydrogen-bond acceptors (Lipinski definition) is 4. The van der Waals surface area contributed by atoms with Crippen LogP contribution in [-0.2, 0) is 0 Å². The largest absolute Gasteiger partial charge is 0.391 e. The lowest BCUT2D eigenvalue weighted by molar-refractivity contribution is -0.387. The summed E-state index contributed by atoms with van der Waals surface area (Å²) in [5.74, 6) is -0.130. The predicted octanol–water partition coefficient (Wildman–Crippen LogP) is 1.28. The summed E-state index contributed by atoms with van der Waals surface area (Å²) in [6, 6.07) is 3.56. The van der Waals surface area contributed by atoms with Crippen LogP contribution in [0, 0.1) is 10.1 Å². The Labute approximate surface area is 79.3 Å². The normalized spacial score (nSPS) is 10.4. The minimum absolute atomic E-state index is 0.130. The van der Waals surface area contributed by atoms with Gasteiger partial charge < -0.3 is 15.4 Å². The Morgan fingerprint density at radius 1 is 1.64 bits per heavy atom. The molecular formula is C8H8N4O2. The van der Waals surface area contributed by atoms with E-state index in [2.05, 4.69) is 10.3 Å². The first-order chi connectivity index (χ1) is 6.74. The summed E-state index contributed by atoms with van der Waals surface area (Å²) >= 11 is 0. The molecule has 0 radical (unpaired) electrons. The van der Waals surface area contributed by atoms with Crippen LogP contribution >= 0.6 is 0 Å². The number of pyridine rings is 1. The van der Waals surface area contributed by atoms with Gasteiger partial charge in [-0.25, -0.2) is 0 Å². The van der Waals surface area contributed by atoms with Gasteiger partial charge in [0.05, 0.1) is 5.69 Å². The van der Waals surface area contributed by atoms with E-state index in [0.717, 1.165) is 0 Å². The molecule has 0 bridgehead atoms. The highest BCUT2D eigenvalue weighted by Gasteiger charge is 2.17. The maximum atomic E-state index is 10.6. The van der Waals surface area contributed by atoms with Gasteiger partial charge in [0.15, 0.2) is 5.52 Å². The number of fused-ring (bicyclic) bond motifs is 1. The zero-order chi connectivity index (χ0) is 10.1. The van der Waals surface area contributed by atoms with Crippen molar-refractivity contribution < 1.29 is 4.92 Å². The van der Waals surface area contributed by atoms with Gasteiger partial charge in [0, 0.05) is 13.2 Å². The van der Waals surface area contributed by atoms with Crippen LogP contribution in [0.1, 0.15) is 0 Å². The van der Waals surface area contributed by atoms with Gasteiger partial charge in [0.1, 0.15) is 0 Å². The highest BCUT2D eigenvalue weighted by atomic mass is 16.6. The average molecular weight is 192 g/mol. The van der Waals surface area contributed by atoms with E-state index in [4.69, 9.17) is 0 Å². The highest BCUT2D eigenvalue weighted by Crippen LogP contribution is 2.24. The van der Waals surface area contributed by atoms with Gasteiger partial charge in [-0.05, 0) is 22.0 Å². The topological polar surface area (TPSA) is 72.5 Å². The molecular weight excluding hydrogens is 184 g/mol. The second-order valence-corrected chi connectivity index (χ2v) is 2.75. The first-order valence-electron chi connectivity index (χ1n) is 4.02. The van der Waals surface area contributed by atoms with Crippen molar-refractivity contribution in [3.8, 4) is 0 Å². The second-order valence-electron chi connectivity index (χ2n) is 2.75. The molecule has 0 aliphatic carbocycles. The van der Waals surface area contributed by atoms with Crippen molar-refractivity contribution in [2.75, 3.05) is 12.4 Å². The maximum absolute atomic E-state index is 10.6. The molecule has 6 heteroatoms. The quantitative estimate of drug-likeness (QED) is 0.574. The van der Waals surface area contributed by atoms with Crippen molar-refractivity contribution in [3.05, 3.63) is 34.8 Å². The van der Waals surface area contributed by atoms with Crippen LogP contribution in [-0.4, -0.2) is 21.4 Å². The standard InChI is InChI=1S/C8H8N4O2/c1-9-6-3-2-4-11-5-10-8(7(6)11)12(13)14/h2-5,9H,1H3. The zero-order valence-electron chi connectivity index (χ0n) is 7.47. The van der Waals surface area contributed by atoms with E-state index >= 15 is 0 Å². The summed E-state index contributed by atoms with van der Waals surface area (Å²) < 4.78 is 1.62. The van der Waals surface area contributed by atoms with Crippen LogP contribution in [0.3, 0.4) is 0 Å². The molecule has 72 valence electrons. The summed E-state index contributed by atoms with van der Waals surface area (Å²) in [4.78, 5) is 13.9. The summed E-state index contributed by atoms with van der Waals surface area (Å²) in [5, 5.41) is 13.5. The van der Waals surface area contributed by atoms with E-state index in [1.165, 1.54) is 6.33 Å². The molecule has 1 N–H and O–H groups in total. The molecule has 0 aromatic carbocycles. The van der Waals surface area contributed by atoms with Crippen LogP contribution in [0.5, 0.6) is 0 Å². The van der Waals surface area contributed by atoms with Gasteiger partial charge in [-0.2, -0.15) is 0 Å². The fraction of sp³-hybridized carbons (Fsp3) is 0.125. The van der Waals surface area contributed by atoms with Gasteiger partial charge >= 0.3 is 5.82 Å².